The summed E-state index contributed by atoms with van der Waals surface area (Å²) in [5.74, 6) is -0.695. The number of rotatable bonds is 8. The van der Waals surface area contributed by atoms with Crippen LogP contribution in [0.2, 0.25) is 0 Å². The van der Waals surface area contributed by atoms with Crippen molar-refractivity contribution >= 4 is 5.57 Å². The van der Waals surface area contributed by atoms with E-state index in [9.17, 15) is 31.4 Å². The number of para-hydroxylation sites is 2. The molecule has 0 saturated heterocycles. The van der Waals surface area contributed by atoms with Crippen LogP contribution in [0.15, 0.2) is 91.0 Å². The smallest absolute Gasteiger partial charge is 0.419 e. The van der Waals surface area contributed by atoms with Crippen molar-refractivity contribution in [3.63, 3.8) is 0 Å². The maximum absolute atomic E-state index is 13.6. The van der Waals surface area contributed by atoms with E-state index in [1.54, 1.807) is 24.3 Å². The Kier molecular flexibility index (Phi) is 8.68. The zero-order valence-electron chi connectivity index (χ0n) is 22.7. The van der Waals surface area contributed by atoms with Crippen LogP contribution in [0.5, 0.6) is 17.2 Å². The van der Waals surface area contributed by atoms with Crippen LogP contribution in [-0.2, 0) is 25.6 Å². The van der Waals surface area contributed by atoms with E-state index in [1.807, 2.05) is 6.08 Å². The van der Waals surface area contributed by atoms with Crippen LogP contribution in [0, 0.1) is 0 Å². The van der Waals surface area contributed by atoms with Crippen LogP contribution in [0.1, 0.15) is 34.2 Å². The minimum Gasteiger partial charge on any atom is -0.508 e. The van der Waals surface area contributed by atoms with Gasteiger partial charge in [-0.2, -0.15) is 26.3 Å². The van der Waals surface area contributed by atoms with Gasteiger partial charge in [-0.05, 0) is 94.9 Å². The number of ether oxygens (including phenoxy) is 2. The predicted octanol–water partition coefficient (Wildman–Crippen LogP) is 8.63. The summed E-state index contributed by atoms with van der Waals surface area (Å²) in [4.78, 5) is 0. The van der Waals surface area contributed by atoms with Crippen LogP contribution in [0.3, 0.4) is 0 Å². The van der Waals surface area contributed by atoms with E-state index in [-0.39, 0.29) is 30.5 Å². The molecule has 0 bridgehead atoms. The molecule has 224 valence electrons. The molecule has 5 rings (SSSR count). The van der Waals surface area contributed by atoms with Crippen molar-refractivity contribution < 1.29 is 40.9 Å². The molecular weight excluding hydrogens is 572 g/mol. The highest BCUT2D eigenvalue weighted by atomic mass is 19.4. The Morgan fingerprint density at radius 3 is 1.77 bits per heavy atom. The first-order valence-corrected chi connectivity index (χ1v) is 13.4. The molecule has 1 heterocycles. The monoisotopic (exact) mass is 599 g/mol. The Labute approximate surface area is 244 Å². The summed E-state index contributed by atoms with van der Waals surface area (Å²) in [6.45, 7) is 0.791. The number of phenolic OH excluding ortho intramolecular Hbond substituents is 1. The highest BCUT2D eigenvalue weighted by Crippen LogP contribution is 2.39. The van der Waals surface area contributed by atoms with E-state index >= 15 is 0 Å². The van der Waals surface area contributed by atoms with Crippen LogP contribution in [0.4, 0.5) is 26.3 Å². The predicted molar refractivity (Wildman–Crippen MR) is 151 cm³/mol. The number of halogens is 6. The van der Waals surface area contributed by atoms with E-state index in [0.717, 1.165) is 17.7 Å². The Morgan fingerprint density at radius 2 is 1.23 bits per heavy atom. The van der Waals surface area contributed by atoms with Gasteiger partial charge in [0, 0.05) is 6.54 Å². The number of aromatic hydroxyl groups is 1. The highest BCUT2D eigenvalue weighted by Gasteiger charge is 2.35. The quantitative estimate of drug-likeness (QED) is 0.199. The molecule has 2 N–H and O–H groups in total. The van der Waals surface area contributed by atoms with Crippen molar-refractivity contribution in [2.45, 2.75) is 32.0 Å². The van der Waals surface area contributed by atoms with Crippen LogP contribution < -0.4 is 14.8 Å². The topological polar surface area (TPSA) is 50.7 Å². The standard InChI is InChI=1S/C33H27F6NO3/c34-32(35,36)28-8-1-3-10-30(28)42-19-23-18-27(22-6-5-7-25(41)16-22)24(17-26(23)21-12-14-40-15-13-21)20-43-31-11-4-2-9-29(31)33(37,38)39/h1-12,16-18,40-41H,13-15,19-20H2. The second kappa shape index (κ2) is 12.4. The second-order valence-electron chi connectivity index (χ2n) is 9.97. The van der Waals surface area contributed by atoms with Crippen LogP contribution in [-0.4, -0.2) is 18.2 Å². The van der Waals surface area contributed by atoms with Crippen molar-refractivity contribution in [3.05, 3.63) is 119 Å². The molecule has 1 aliphatic heterocycles. The third-order valence-electron chi connectivity index (χ3n) is 7.05. The summed E-state index contributed by atoms with van der Waals surface area (Å²) >= 11 is 0. The molecule has 0 radical (unpaired) electrons. The molecule has 0 amide bonds. The summed E-state index contributed by atoms with van der Waals surface area (Å²) < 4.78 is 93.3. The lowest BCUT2D eigenvalue weighted by Gasteiger charge is -2.22. The van der Waals surface area contributed by atoms with Gasteiger partial charge in [0.2, 0.25) is 0 Å². The Bertz CT molecular complexity index is 1630. The summed E-state index contributed by atoms with van der Waals surface area (Å²) in [6, 6.07) is 19.7. The molecule has 4 aromatic carbocycles. The first-order valence-electron chi connectivity index (χ1n) is 13.4. The molecule has 1 aliphatic rings. The molecule has 4 nitrogen and oxygen atoms in total. The summed E-state index contributed by atoms with van der Waals surface area (Å²) in [5, 5.41) is 13.4. The second-order valence-corrected chi connectivity index (χ2v) is 9.97. The normalized spacial score (nSPS) is 13.9. The van der Waals surface area contributed by atoms with E-state index in [0.29, 0.717) is 47.3 Å². The molecule has 0 aromatic heterocycles. The summed E-state index contributed by atoms with van der Waals surface area (Å²) in [5.41, 5.74) is 1.97. The fourth-order valence-corrected chi connectivity index (χ4v) is 5.00. The molecule has 0 saturated carbocycles. The number of phenols is 1. The zero-order chi connectivity index (χ0) is 30.6. The molecule has 4 aromatic rings. The number of benzene rings is 4. The average molecular weight is 600 g/mol. The third kappa shape index (κ3) is 7.14. The van der Waals surface area contributed by atoms with Gasteiger partial charge in [-0.15, -0.1) is 0 Å². The molecule has 0 fully saturated rings. The molecule has 43 heavy (non-hydrogen) atoms. The van der Waals surface area contributed by atoms with Gasteiger partial charge < -0.3 is 19.9 Å². The first kappa shape index (κ1) is 30.0. The molecule has 0 unspecified atom stereocenters. The average Bonchev–Trinajstić information content (AvgIpc) is 2.98. The van der Waals surface area contributed by atoms with Crippen LogP contribution in [0.25, 0.3) is 16.7 Å². The molecule has 0 atom stereocenters. The first-order chi connectivity index (χ1) is 20.5. The minimum atomic E-state index is -4.62. The van der Waals surface area contributed by atoms with E-state index in [2.05, 4.69) is 5.32 Å². The SMILES string of the molecule is Oc1cccc(-c2cc(COc3ccccc3C(F)(F)F)c(C3=CCNCC3)cc2COc2ccccc2C(F)(F)F)c1. The van der Waals surface area contributed by atoms with Gasteiger partial charge in [0.1, 0.15) is 30.5 Å². The number of hydrogen-bond acceptors (Lipinski definition) is 4. The van der Waals surface area contributed by atoms with Crippen molar-refractivity contribution in [1.29, 1.82) is 0 Å². The van der Waals surface area contributed by atoms with Crippen molar-refractivity contribution in [3.8, 4) is 28.4 Å². The van der Waals surface area contributed by atoms with Gasteiger partial charge in [-0.25, -0.2) is 0 Å². The lowest BCUT2D eigenvalue weighted by atomic mass is 9.89. The minimum absolute atomic E-state index is 0.0335. The Hall–Kier alpha value is -4.44. The van der Waals surface area contributed by atoms with E-state index in [4.69, 9.17) is 9.47 Å². The van der Waals surface area contributed by atoms with E-state index in [1.165, 1.54) is 48.5 Å². The van der Waals surface area contributed by atoms with Crippen molar-refractivity contribution in [2.75, 3.05) is 13.1 Å². The Balaban J connectivity index is 1.59. The van der Waals surface area contributed by atoms with Gasteiger partial charge in [0.15, 0.2) is 0 Å². The summed E-state index contributed by atoms with van der Waals surface area (Å²) in [6.07, 6.45) is -6.65. The number of alkyl halides is 6. The number of hydrogen-bond donors (Lipinski definition) is 2. The molecule has 10 heteroatoms. The van der Waals surface area contributed by atoms with Gasteiger partial charge in [-0.3, -0.25) is 0 Å². The zero-order valence-corrected chi connectivity index (χ0v) is 22.7. The molecular formula is C33H27F6NO3. The summed E-state index contributed by atoms with van der Waals surface area (Å²) in [7, 11) is 0. The van der Waals surface area contributed by atoms with Crippen molar-refractivity contribution in [2.24, 2.45) is 0 Å². The van der Waals surface area contributed by atoms with E-state index < -0.39 is 23.5 Å². The van der Waals surface area contributed by atoms with Crippen molar-refractivity contribution in [1.82, 2.24) is 5.32 Å². The number of nitrogens with one attached hydrogen (secondary N) is 1. The largest absolute Gasteiger partial charge is 0.508 e. The lowest BCUT2D eigenvalue weighted by molar-refractivity contribution is -0.139. The molecule has 0 aliphatic carbocycles. The van der Waals surface area contributed by atoms with Gasteiger partial charge >= 0.3 is 12.4 Å². The van der Waals surface area contributed by atoms with Gasteiger partial charge in [-0.1, -0.05) is 42.5 Å². The maximum Gasteiger partial charge on any atom is 0.419 e. The third-order valence-corrected chi connectivity index (χ3v) is 7.05. The fourth-order valence-electron chi connectivity index (χ4n) is 5.00. The van der Waals surface area contributed by atoms with Gasteiger partial charge in [0.25, 0.3) is 0 Å². The maximum atomic E-state index is 13.6. The lowest BCUT2D eigenvalue weighted by Crippen LogP contribution is -2.20. The molecule has 0 spiro atoms. The Morgan fingerprint density at radius 1 is 0.674 bits per heavy atom. The fraction of sp³-hybridized carbons (Fsp3) is 0.212. The van der Waals surface area contributed by atoms with Gasteiger partial charge in [0.05, 0.1) is 11.1 Å². The highest BCUT2D eigenvalue weighted by molar-refractivity contribution is 5.77. The van der Waals surface area contributed by atoms with Crippen LogP contribution >= 0.6 is 0 Å².